The number of carbonyl (C=O) groups excluding carboxylic acids is 1. The van der Waals surface area contributed by atoms with Gasteiger partial charge in [0.15, 0.2) is 6.61 Å². The maximum Gasteiger partial charge on any atom is 0.422 e. The van der Waals surface area contributed by atoms with Crippen molar-refractivity contribution in [3.05, 3.63) is 59.0 Å². The molecule has 0 saturated heterocycles. The minimum absolute atomic E-state index is 0.0828. The van der Waals surface area contributed by atoms with E-state index in [9.17, 15) is 22.4 Å². The van der Waals surface area contributed by atoms with Crippen LogP contribution in [-0.4, -0.2) is 23.8 Å². The first kappa shape index (κ1) is 19.9. The summed E-state index contributed by atoms with van der Waals surface area (Å²) in [5.74, 6) is -0.443. The third-order valence-corrected chi connectivity index (χ3v) is 4.39. The van der Waals surface area contributed by atoms with Crippen LogP contribution in [0.5, 0.6) is 5.88 Å². The summed E-state index contributed by atoms with van der Waals surface area (Å²) >= 11 is 0. The van der Waals surface area contributed by atoms with Crippen molar-refractivity contribution in [1.29, 1.82) is 0 Å². The van der Waals surface area contributed by atoms with Gasteiger partial charge >= 0.3 is 12.2 Å². The molecule has 28 heavy (non-hydrogen) atoms. The Kier molecular flexibility index (Phi) is 6.01. The number of hydrogen-bond acceptors (Lipinski definition) is 3. The maximum absolute atomic E-state index is 13.9. The van der Waals surface area contributed by atoms with E-state index >= 15 is 0 Å². The van der Waals surface area contributed by atoms with E-state index in [1.54, 1.807) is 18.2 Å². The summed E-state index contributed by atoms with van der Waals surface area (Å²) < 4.78 is 55.1. The quantitative estimate of drug-likeness (QED) is 0.749. The van der Waals surface area contributed by atoms with Crippen LogP contribution in [0.2, 0.25) is 0 Å². The molecule has 0 saturated carbocycles. The highest BCUT2D eigenvalue weighted by atomic mass is 19.4. The molecule has 5 nitrogen and oxygen atoms in total. The van der Waals surface area contributed by atoms with Crippen molar-refractivity contribution < 1.29 is 27.1 Å². The molecule has 3 rings (SSSR count). The summed E-state index contributed by atoms with van der Waals surface area (Å²) in [6, 6.07) is 6.98. The molecule has 1 aromatic heterocycles. The van der Waals surface area contributed by atoms with E-state index in [1.165, 1.54) is 18.3 Å². The van der Waals surface area contributed by atoms with Crippen LogP contribution >= 0.6 is 0 Å². The van der Waals surface area contributed by atoms with Gasteiger partial charge in [0, 0.05) is 18.8 Å². The Balaban J connectivity index is 1.55. The summed E-state index contributed by atoms with van der Waals surface area (Å²) in [5, 5.41) is 5.46. The Morgan fingerprint density at radius 1 is 1.29 bits per heavy atom. The molecule has 0 spiro atoms. The molecule has 0 radical (unpaired) electrons. The van der Waals surface area contributed by atoms with Gasteiger partial charge in [-0.15, -0.1) is 0 Å². The molecular formula is C19H19F4N3O2. The summed E-state index contributed by atoms with van der Waals surface area (Å²) in [6.45, 7) is -1.35. The Bertz CT molecular complexity index is 842. The summed E-state index contributed by atoms with van der Waals surface area (Å²) in [5.41, 5.74) is 1.94. The lowest BCUT2D eigenvalue weighted by Crippen LogP contribution is -2.38. The second kappa shape index (κ2) is 8.45. The van der Waals surface area contributed by atoms with E-state index in [2.05, 4.69) is 20.4 Å². The van der Waals surface area contributed by atoms with E-state index in [0.717, 1.165) is 12.0 Å². The van der Waals surface area contributed by atoms with E-state index < -0.39 is 18.8 Å². The molecule has 2 N–H and O–H groups in total. The number of aromatic nitrogens is 1. The molecule has 9 heteroatoms. The number of alkyl halides is 3. The van der Waals surface area contributed by atoms with Gasteiger partial charge in [0.1, 0.15) is 5.82 Å². The standard InChI is InChI=1S/C19H19F4N3O2/c20-15-5-1-4-14-13(15)3-2-6-16(14)26-18(27)25-10-12-7-8-24-17(9-12)28-11-19(21,22)23/h1,4-5,7-9,16H,2-3,6,10-11H2,(H2,25,26,27)/t16-/m1/s1. The number of ether oxygens (including phenoxy) is 1. The van der Waals surface area contributed by atoms with Gasteiger partial charge < -0.3 is 15.4 Å². The maximum atomic E-state index is 13.9. The number of carbonyl (C=O) groups is 1. The molecule has 0 bridgehead atoms. The number of urea groups is 1. The van der Waals surface area contributed by atoms with Gasteiger partial charge in [0.05, 0.1) is 6.04 Å². The Morgan fingerprint density at radius 3 is 2.89 bits per heavy atom. The third kappa shape index (κ3) is 5.34. The fourth-order valence-electron chi connectivity index (χ4n) is 3.14. The first-order chi connectivity index (χ1) is 13.3. The second-order valence-corrected chi connectivity index (χ2v) is 6.49. The highest BCUT2D eigenvalue weighted by Crippen LogP contribution is 2.31. The fraction of sp³-hybridized carbons (Fsp3) is 0.368. The van der Waals surface area contributed by atoms with Crippen molar-refractivity contribution in [3.63, 3.8) is 0 Å². The van der Waals surface area contributed by atoms with E-state index in [1.807, 2.05) is 0 Å². The lowest BCUT2D eigenvalue weighted by molar-refractivity contribution is -0.154. The molecule has 1 heterocycles. The molecule has 1 aliphatic carbocycles. The van der Waals surface area contributed by atoms with Crippen LogP contribution < -0.4 is 15.4 Å². The minimum Gasteiger partial charge on any atom is -0.468 e. The van der Waals surface area contributed by atoms with Crippen LogP contribution in [0.4, 0.5) is 22.4 Å². The van der Waals surface area contributed by atoms with E-state index in [4.69, 9.17) is 0 Å². The highest BCUT2D eigenvalue weighted by molar-refractivity contribution is 5.74. The molecule has 1 atom stereocenters. The van der Waals surface area contributed by atoms with Crippen molar-refractivity contribution in [2.75, 3.05) is 6.61 Å². The fourth-order valence-corrected chi connectivity index (χ4v) is 3.14. The van der Waals surface area contributed by atoms with Gasteiger partial charge in [-0.25, -0.2) is 14.2 Å². The van der Waals surface area contributed by atoms with E-state index in [0.29, 0.717) is 24.0 Å². The number of nitrogens with one attached hydrogen (secondary N) is 2. The van der Waals surface area contributed by atoms with E-state index in [-0.39, 0.29) is 24.3 Å². The number of hydrogen-bond donors (Lipinski definition) is 2. The molecule has 0 unspecified atom stereocenters. The lowest BCUT2D eigenvalue weighted by Gasteiger charge is -2.26. The number of rotatable bonds is 5. The zero-order valence-corrected chi connectivity index (χ0v) is 14.9. The first-order valence-corrected chi connectivity index (χ1v) is 8.78. The second-order valence-electron chi connectivity index (χ2n) is 6.49. The lowest BCUT2D eigenvalue weighted by atomic mass is 9.87. The molecule has 2 amide bonds. The average Bonchev–Trinajstić information content (AvgIpc) is 2.65. The van der Waals surface area contributed by atoms with Gasteiger partial charge in [-0.3, -0.25) is 0 Å². The third-order valence-electron chi connectivity index (χ3n) is 4.39. The monoisotopic (exact) mass is 397 g/mol. The minimum atomic E-state index is -4.45. The first-order valence-electron chi connectivity index (χ1n) is 8.78. The largest absolute Gasteiger partial charge is 0.468 e. The highest BCUT2D eigenvalue weighted by Gasteiger charge is 2.28. The molecule has 150 valence electrons. The number of nitrogens with zero attached hydrogens (tertiary/aromatic N) is 1. The topological polar surface area (TPSA) is 63.2 Å². The average molecular weight is 397 g/mol. The normalized spacial score (nSPS) is 16.2. The van der Waals surface area contributed by atoms with Gasteiger partial charge in [-0.05, 0) is 48.1 Å². The summed E-state index contributed by atoms with van der Waals surface area (Å²) in [4.78, 5) is 15.9. The zero-order valence-electron chi connectivity index (χ0n) is 14.9. The summed E-state index contributed by atoms with van der Waals surface area (Å²) in [7, 11) is 0. The number of benzene rings is 1. The number of pyridine rings is 1. The Morgan fingerprint density at radius 2 is 2.11 bits per heavy atom. The van der Waals surface area contributed by atoms with Gasteiger partial charge in [0.2, 0.25) is 5.88 Å². The Hall–Kier alpha value is -2.84. The van der Waals surface area contributed by atoms with Crippen molar-refractivity contribution in [3.8, 4) is 5.88 Å². The van der Waals surface area contributed by atoms with Crippen molar-refractivity contribution in [2.45, 2.75) is 38.0 Å². The van der Waals surface area contributed by atoms with Crippen LogP contribution in [0, 0.1) is 5.82 Å². The summed E-state index contributed by atoms with van der Waals surface area (Å²) in [6.07, 6.45) is -1.04. The van der Waals surface area contributed by atoms with Crippen molar-refractivity contribution in [1.82, 2.24) is 15.6 Å². The van der Waals surface area contributed by atoms with Gasteiger partial charge in [-0.2, -0.15) is 13.2 Å². The zero-order chi connectivity index (χ0) is 20.1. The van der Waals surface area contributed by atoms with Crippen LogP contribution in [-0.2, 0) is 13.0 Å². The van der Waals surface area contributed by atoms with Crippen LogP contribution in [0.1, 0.15) is 35.6 Å². The van der Waals surface area contributed by atoms with Crippen LogP contribution in [0.25, 0.3) is 0 Å². The van der Waals surface area contributed by atoms with Crippen LogP contribution in [0.3, 0.4) is 0 Å². The van der Waals surface area contributed by atoms with Crippen molar-refractivity contribution in [2.24, 2.45) is 0 Å². The molecule has 0 aliphatic heterocycles. The Labute approximate surface area is 159 Å². The molecule has 1 aliphatic rings. The smallest absolute Gasteiger partial charge is 0.422 e. The molecular weight excluding hydrogens is 378 g/mol. The number of amides is 2. The number of halogens is 4. The van der Waals surface area contributed by atoms with Crippen molar-refractivity contribution >= 4 is 6.03 Å². The molecule has 1 aromatic carbocycles. The molecule has 0 fully saturated rings. The number of fused-ring (bicyclic) bond motifs is 1. The predicted octanol–water partition coefficient (Wildman–Crippen LogP) is 4.04. The van der Waals surface area contributed by atoms with Gasteiger partial charge in [-0.1, -0.05) is 12.1 Å². The molecule has 2 aromatic rings. The SMILES string of the molecule is O=C(NCc1ccnc(OCC(F)(F)F)c1)N[C@@H]1CCCc2c(F)cccc21. The van der Waals surface area contributed by atoms with Crippen LogP contribution in [0.15, 0.2) is 36.5 Å². The predicted molar refractivity (Wildman–Crippen MR) is 93.2 cm³/mol. The van der Waals surface area contributed by atoms with Gasteiger partial charge in [0.25, 0.3) is 0 Å².